The van der Waals surface area contributed by atoms with Crippen LogP contribution in [-0.2, 0) is 4.74 Å². The number of piperidine rings is 1. The fourth-order valence-electron chi connectivity index (χ4n) is 3.27. The molecule has 2 saturated heterocycles. The van der Waals surface area contributed by atoms with Gasteiger partial charge in [0.15, 0.2) is 0 Å². The number of rotatable bonds is 3. The first-order chi connectivity index (χ1) is 8.93. The van der Waals surface area contributed by atoms with E-state index in [4.69, 9.17) is 4.74 Å². The second-order valence-electron chi connectivity index (χ2n) is 5.57. The van der Waals surface area contributed by atoms with Gasteiger partial charge in [0.1, 0.15) is 0 Å². The van der Waals surface area contributed by atoms with Crippen LogP contribution >= 0.6 is 0 Å². The van der Waals surface area contributed by atoms with Crippen LogP contribution in [0.5, 0.6) is 0 Å². The molecule has 18 heavy (non-hydrogen) atoms. The second kappa shape index (κ2) is 5.85. The first-order valence-electron chi connectivity index (χ1n) is 7.24. The van der Waals surface area contributed by atoms with Crippen molar-refractivity contribution < 1.29 is 4.74 Å². The third-order valence-corrected chi connectivity index (χ3v) is 4.33. The predicted octanol–water partition coefficient (Wildman–Crippen LogP) is 2.36. The number of H-pyrrole nitrogens is 1. The van der Waals surface area contributed by atoms with Crippen LogP contribution in [0.25, 0.3) is 0 Å². The summed E-state index contributed by atoms with van der Waals surface area (Å²) in [6.07, 6.45) is 8.28. The lowest BCUT2D eigenvalue weighted by molar-refractivity contribution is 0.0377. The van der Waals surface area contributed by atoms with Crippen molar-refractivity contribution in [1.29, 1.82) is 0 Å². The maximum absolute atomic E-state index is 5.45. The summed E-state index contributed by atoms with van der Waals surface area (Å²) < 4.78 is 5.45. The molecule has 0 aromatic carbocycles. The third kappa shape index (κ3) is 2.75. The molecule has 1 atom stereocenters. The van der Waals surface area contributed by atoms with Crippen molar-refractivity contribution in [3.8, 4) is 0 Å². The summed E-state index contributed by atoms with van der Waals surface area (Å²) in [4.78, 5) is 2.66. The summed E-state index contributed by atoms with van der Waals surface area (Å²) in [6.45, 7) is 4.37. The lowest BCUT2D eigenvalue weighted by atomic mass is 9.94. The molecule has 0 bridgehead atoms. The molecule has 3 heterocycles. The highest BCUT2D eigenvalue weighted by atomic mass is 16.5. The van der Waals surface area contributed by atoms with Crippen LogP contribution < -0.4 is 0 Å². The molecular formula is C14H23N3O. The third-order valence-electron chi connectivity index (χ3n) is 4.33. The van der Waals surface area contributed by atoms with Crippen LogP contribution in [0.1, 0.15) is 43.8 Å². The zero-order valence-electron chi connectivity index (χ0n) is 11.0. The fraction of sp³-hybridized carbons (Fsp3) is 0.786. The van der Waals surface area contributed by atoms with Crippen LogP contribution in [0.2, 0.25) is 0 Å². The standard InChI is InChI=1S/C14H23N3O/c1-2-8-17(11-12-5-9-18-10-6-12)14(3-1)13-4-7-15-16-13/h4,7,12,14H,1-3,5-6,8-11H2,(H,15,16)/t14-/m0/s1. The molecule has 4 nitrogen and oxygen atoms in total. The van der Waals surface area contributed by atoms with E-state index < -0.39 is 0 Å². The van der Waals surface area contributed by atoms with Gasteiger partial charge in [0.2, 0.25) is 0 Å². The lowest BCUT2D eigenvalue weighted by Crippen LogP contribution is -2.38. The Morgan fingerprint density at radius 2 is 2.17 bits per heavy atom. The van der Waals surface area contributed by atoms with Gasteiger partial charge in [-0.15, -0.1) is 0 Å². The Morgan fingerprint density at radius 3 is 2.94 bits per heavy atom. The molecule has 1 aromatic heterocycles. The van der Waals surface area contributed by atoms with E-state index in [-0.39, 0.29) is 0 Å². The highest BCUT2D eigenvalue weighted by molar-refractivity contribution is 5.06. The number of hydrogen-bond donors (Lipinski definition) is 1. The van der Waals surface area contributed by atoms with Crippen molar-refractivity contribution in [1.82, 2.24) is 15.1 Å². The molecular weight excluding hydrogens is 226 g/mol. The van der Waals surface area contributed by atoms with E-state index in [1.165, 1.54) is 50.9 Å². The summed E-state index contributed by atoms with van der Waals surface area (Å²) in [6, 6.07) is 2.69. The Bertz CT molecular complexity index is 346. The fourth-order valence-corrected chi connectivity index (χ4v) is 3.27. The summed E-state index contributed by atoms with van der Waals surface area (Å²) in [5, 5.41) is 7.26. The topological polar surface area (TPSA) is 41.1 Å². The van der Waals surface area contributed by atoms with Gasteiger partial charge in [-0.3, -0.25) is 10.00 Å². The Labute approximate surface area is 109 Å². The molecule has 2 aliphatic rings. The van der Waals surface area contributed by atoms with E-state index in [1.54, 1.807) is 0 Å². The number of likely N-dealkylation sites (tertiary alicyclic amines) is 1. The normalized spacial score (nSPS) is 27.4. The maximum atomic E-state index is 5.45. The van der Waals surface area contributed by atoms with Gasteiger partial charge >= 0.3 is 0 Å². The monoisotopic (exact) mass is 249 g/mol. The molecule has 0 spiro atoms. The molecule has 0 saturated carbocycles. The molecule has 3 rings (SSSR count). The van der Waals surface area contributed by atoms with E-state index in [9.17, 15) is 0 Å². The first kappa shape index (κ1) is 12.2. The van der Waals surface area contributed by atoms with Gasteiger partial charge < -0.3 is 4.74 Å². The van der Waals surface area contributed by atoms with E-state index in [0.717, 1.165) is 19.1 Å². The first-order valence-corrected chi connectivity index (χ1v) is 7.24. The highest BCUT2D eigenvalue weighted by Gasteiger charge is 2.27. The molecule has 2 aliphatic heterocycles. The van der Waals surface area contributed by atoms with Crippen molar-refractivity contribution in [3.05, 3.63) is 18.0 Å². The van der Waals surface area contributed by atoms with Crippen LogP contribution in [0.15, 0.2) is 12.3 Å². The Kier molecular flexibility index (Phi) is 3.96. The van der Waals surface area contributed by atoms with Gasteiger partial charge in [-0.2, -0.15) is 5.10 Å². The van der Waals surface area contributed by atoms with Crippen LogP contribution in [0.3, 0.4) is 0 Å². The predicted molar refractivity (Wildman–Crippen MR) is 70.3 cm³/mol. The van der Waals surface area contributed by atoms with E-state index >= 15 is 0 Å². The molecule has 0 aliphatic carbocycles. The van der Waals surface area contributed by atoms with E-state index in [2.05, 4.69) is 21.2 Å². The smallest absolute Gasteiger partial charge is 0.0523 e. The summed E-state index contributed by atoms with van der Waals surface area (Å²) >= 11 is 0. The minimum atomic E-state index is 0.559. The van der Waals surface area contributed by atoms with Gasteiger partial charge in [-0.05, 0) is 44.2 Å². The zero-order valence-corrected chi connectivity index (χ0v) is 11.0. The van der Waals surface area contributed by atoms with Crippen LogP contribution in [0.4, 0.5) is 0 Å². The summed E-state index contributed by atoms with van der Waals surface area (Å²) in [5.74, 6) is 0.822. The SMILES string of the molecule is c1cc([C@@H]2CCCCN2CC2CCOCC2)[nH]n1. The Balaban J connectivity index is 1.64. The number of aromatic nitrogens is 2. The average molecular weight is 249 g/mol. The second-order valence-corrected chi connectivity index (χ2v) is 5.57. The van der Waals surface area contributed by atoms with Crippen LogP contribution in [-0.4, -0.2) is 41.4 Å². The highest BCUT2D eigenvalue weighted by Crippen LogP contribution is 2.31. The Hall–Kier alpha value is -0.870. The van der Waals surface area contributed by atoms with Crippen molar-refractivity contribution in [3.63, 3.8) is 0 Å². The Morgan fingerprint density at radius 1 is 1.28 bits per heavy atom. The average Bonchev–Trinajstić information content (AvgIpc) is 2.94. The summed E-state index contributed by atoms with van der Waals surface area (Å²) in [7, 11) is 0. The molecule has 0 unspecified atom stereocenters. The largest absolute Gasteiger partial charge is 0.381 e. The summed E-state index contributed by atoms with van der Waals surface area (Å²) in [5.41, 5.74) is 1.29. The van der Waals surface area contributed by atoms with E-state index in [0.29, 0.717) is 6.04 Å². The molecule has 1 N–H and O–H groups in total. The van der Waals surface area contributed by atoms with Crippen molar-refractivity contribution >= 4 is 0 Å². The minimum Gasteiger partial charge on any atom is -0.381 e. The number of ether oxygens (including phenoxy) is 1. The molecule has 4 heteroatoms. The molecule has 0 radical (unpaired) electrons. The minimum absolute atomic E-state index is 0.559. The number of nitrogens with one attached hydrogen (secondary N) is 1. The molecule has 100 valence electrons. The number of nitrogens with zero attached hydrogens (tertiary/aromatic N) is 2. The van der Waals surface area contributed by atoms with Crippen molar-refractivity contribution in [2.75, 3.05) is 26.3 Å². The molecule has 1 aromatic rings. The van der Waals surface area contributed by atoms with Crippen molar-refractivity contribution in [2.45, 2.75) is 38.1 Å². The van der Waals surface area contributed by atoms with Crippen LogP contribution in [0, 0.1) is 5.92 Å². The van der Waals surface area contributed by atoms with Gasteiger partial charge in [0, 0.05) is 26.0 Å². The zero-order chi connectivity index (χ0) is 12.2. The van der Waals surface area contributed by atoms with Gasteiger partial charge in [-0.25, -0.2) is 0 Å². The van der Waals surface area contributed by atoms with Gasteiger partial charge in [-0.1, -0.05) is 6.42 Å². The van der Waals surface area contributed by atoms with E-state index in [1.807, 2.05) is 6.20 Å². The number of hydrogen-bond acceptors (Lipinski definition) is 3. The van der Waals surface area contributed by atoms with Gasteiger partial charge in [0.05, 0.1) is 11.7 Å². The lowest BCUT2D eigenvalue weighted by Gasteiger charge is -2.38. The molecule has 0 amide bonds. The van der Waals surface area contributed by atoms with Gasteiger partial charge in [0.25, 0.3) is 0 Å². The van der Waals surface area contributed by atoms with Crippen molar-refractivity contribution in [2.24, 2.45) is 5.92 Å². The number of aromatic amines is 1. The molecule has 2 fully saturated rings. The quantitative estimate of drug-likeness (QED) is 0.894. The maximum Gasteiger partial charge on any atom is 0.0523 e.